The molecule has 20 heavy (non-hydrogen) atoms. The number of halogens is 1. The van der Waals surface area contributed by atoms with Crippen LogP contribution < -0.4 is 11.2 Å². The van der Waals surface area contributed by atoms with Gasteiger partial charge in [-0.15, -0.1) is 0 Å². The molecule has 0 fully saturated rings. The van der Waals surface area contributed by atoms with Gasteiger partial charge in [-0.05, 0) is 17.7 Å². The number of nitro groups is 1. The van der Waals surface area contributed by atoms with Crippen molar-refractivity contribution in [2.75, 3.05) is 11.2 Å². The van der Waals surface area contributed by atoms with Gasteiger partial charge in [0, 0.05) is 5.02 Å². The number of hydrogen-bond acceptors (Lipinski definition) is 7. The molecule has 1 heterocycles. The molecule has 0 radical (unpaired) electrons. The quantitative estimate of drug-likeness (QED) is 0.505. The molecule has 1 aromatic carbocycles. The van der Waals surface area contributed by atoms with E-state index < -0.39 is 10.6 Å². The summed E-state index contributed by atoms with van der Waals surface area (Å²) in [7, 11) is 0. The van der Waals surface area contributed by atoms with E-state index in [4.69, 9.17) is 17.3 Å². The van der Waals surface area contributed by atoms with Gasteiger partial charge in [-0.3, -0.25) is 15.5 Å². The fourth-order valence-electron chi connectivity index (χ4n) is 1.37. The first-order valence-electron chi connectivity index (χ1n) is 5.37. The van der Waals surface area contributed by atoms with Gasteiger partial charge in [0.2, 0.25) is 11.6 Å². The monoisotopic (exact) mass is 292 g/mol. The molecule has 0 amide bonds. The second-order valence-corrected chi connectivity index (χ2v) is 4.07. The van der Waals surface area contributed by atoms with Gasteiger partial charge in [0.1, 0.15) is 6.33 Å². The molecule has 0 aliphatic carbocycles. The number of rotatable bonds is 4. The van der Waals surface area contributed by atoms with Crippen molar-refractivity contribution in [3.8, 4) is 0 Å². The summed E-state index contributed by atoms with van der Waals surface area (Å²) in [6.07, 6.45) is 2.58. The lowest BCUT2D eigenvalue weighted by Crippen LogP contribution is -2.04. The molecule has 3 N–H and O–H groups in total. The van der Waals surface area contributed by atoms with E-state index in [0.717, 1.165) is 11.9 Å². The molecule has 1 aromatic heterocycles. The molecule has 0 saturated carbocycles. The van der Waals surface area contributed by atoms with Gasteiger partial charge in [-0.1, -0.05) is 23.7 Å². The van der Waals surface area contributed by atoms with Crippen molar-refractivity contribution in [1.29, 1.82) is 0 Å². The van der Waals surface area contributed by atoms with E-state index in [1.807, 2.05) is 0 Å². The average Bonchev–Trinajstić information content (AvgIpc) is 2.40. The molecule has 9 heteroatoms. The highest BCUT2D eigenvalue weighted by Crippen LogP contribution is 2.25. The van der Waals surface area contributed by atoms with Crippen LogP contribution in [-0.2, 0) is 0 Å². The first kappa shape index (κ1) is 13.7. The van der Waals surface area contributed by atoms with Crippen LogP contribution in [0.25, 0.3) is 0 Å². The Balaban J connectivity index is 2.17. The van der Waals surface area contributed by atoms with Crippen LogP contribution in [0.15, 0.2) is 35.7 Å². The maximum atomic E-state index is 10.9. The molecule has 102 valence electrons. The van der Waals surface area contributed by atoms with Crippen molar-refractivity contribution in [2.24, 2.45) is 5.10 Å². The predicted molar refractivity (Wildman–Crippen MR) is 75.8 cm³/mol. The van der Waals surface area contributed by atoms with Crippen LogP contribution in [0, 0.1) is 10.1 Å². The largest absolute Gasteiger partial charge is 0.378 e. The number of anilines is 2. The summed E-state index contributed by atoms with van der Waals surface area (Å²) in [6.45, 7) is 0. The van der Waals surface area contributed by atoms with Crippen molar-refractivity contribution in [3.05, 3.63) is 51.3 Å². The lowest BCUT2D eigenvalue weighted by Gasteiger charge is -2.01. The number of aromatic nitrogens is 2. The van der Waals surface area contributed by atoms with Crippen LogP contribution in [-0.4, -0.2) is 21.1 Å². The Bertz CT molecular complexity index is 658. The summed E-state index contributed by atoms with van der Waals surface area (Å²) in [6, 6.07) is 6.90. The van der Waals surface area contributed by atoms with Gasteiger partial charge in [-0.2, -0.15) is 5.10 Å². The molecule has 0 aliphatic rings. The van der Waals surface area contributed by atoms with E-state index in [1.165, 1.54) is 6.21 Å². The minimum absolute atomic E-state index is 0.0762. The fraction of sp³-hybridized carbons (Fsp3) is 0. The number of hydrazone groups is 1. The third kappa shape index (κ3) is 3.18. The van der Waals surface area contributed by atoms with Crippen LogP contribution in [0.3, 0.4) is 0 Å². The van der Waals surface area contributed by atoms with Gasteiger partial charge < -0.3 is 5.73 Å². The molecule has 2 aromatic rings. The van der Waals surface area contributed by atoms with Crippen molar-refractivity contribution >= 4 is 35.1 Å². The van der Waals surface area contributed by atoms with Crippen LogP contribution in [0.4, 0.5) is 17.3 Å². The molecule has 0 spiro atoms. The summed E-state index contributed by atoms with van der Waals surface area (Å²) in [4.78, 5) is 17.5. The van der Waals surface area contributed by atoms with E-state index in [9.17, 15) is 10.1 Å². The molecule has 0 atom stereocenters. The SMILES string of the molecule is Nc1ncnc(N/N=C\c2ccc(Cl)cc2)c1[N+](=O)[O-]. The zero-order valence-corrected chi connectivity index (χ0v) is 10.8. The molecular formula is C11H9ClN6O2. The minimum Gasteiger partial charge on any atom is -0.378 e. The van der Waals surface area contributed by atoms with E-state index in [-0.39, 0.29) is 11.6 Å². The van der Waals surface area contributed by atoms with Gasteiger partial charge in [0.15, 0.2) is 0 Å². The van der Waals surface area contributed by atoms with Crippen LogP contribution in [0.2, 0.25) is 5.02 Å². The summed E-state index contributed by atoms with van der Waals surface area (Å²) >= 11 is 5.75. The minimum atomic E-state index is -0.671. The number of nitrogens with one attached hydrogen (secondary N) is 1. The molecule has 8 nitrogen and oxygen atoms in total. The maximum Gasteiger partial charge on any atom is 0.354 e. The normalized spacial score (nSPS) is 10.7. The highest BCUT2D eigenvalue weighted by atomic mass is 35.5. The van der Waals surface area contributed by atoms with Crippen molar-refractivity contribution in [3.63, 3.8) is 0 Å². The Hall–Kier alpha value is -2.74. The average molecular weight is 293 g/mol. The Morgan fingerprint density at radius 2 is 2.05 bits per heavy atom. The number of nitrogen functional groups attached to an aromatic ring is 1. The smallest absolute Gasteiger partial charge is 0.354 e. The third-order valence-corrected chi connectivity index (χ3v) is 2.54. The van der Waals surface area contributed by atoms with Crippen LogP contribution in [0.5, 0.6) is 0 Å². The maximum absolute atomic E-state index is 10.9. The van der Waals surface area contributed by atoms with Gasteiger partial charge in [0.05, 0.1) is 11.1 Å². The van der Waals surface area contributed by atoms with E-state index in [0.29, 0.717) is 5.02 Å². The predicted octanol–water partition coefficient (Wildman–Crippen LogP) is 2.07. The Morgan fingerprint density at radius 1 is 1.35 bits per heavy atom. The first-order chi connectivity index (χ1) is 9.58. The van der Waals surface area contributed by atoms with E-state index in [1.54, 1.807) is 24.3 Å². The third-order valence-electron chi connectivity index (χ3n) is 2.29. The number of nitrogens with two attached hydrogens (primary N) is 1. The molecule has 0 bridgehead atoms. The van der Waals surface area contributed by atoms with Crippen molar-refractivity contribution in [2.45, 2.75) is 0 Å². The highest BCUT2D eigenvalue weighted by molar-refractivity contribution is 6.30. The van der Waals surface area contributed by atoms with Gasteiger partial charge in [-0.25, -0.2) is 9.97 Å². The van der Waals surface area contributed by atoms with Gasteiger partial charge in [0.25, 0.3) is 0 Å². The van der Waals surface area contributed by atoms with E-state index in [2.05, 4.69) is 20.5 Å². The number of benzene rings is 1. The molecule has 0 aliphatic heterocycles. The standard InChI is InChI=1S/C11H9ClN6O2/c12-8-3-1-7(2-4-8)5-16-17-11-9(18(19)20)10(13)14-6-15-11/h1-6H,(H3,13,14,15,17)/b16-5-. The lowest BCUT2D eigenvalue weighted by molar-refractivity contribution is -0.383. The Labute approximate surface area is 118 Å². The lowest BCUT2D eigenvalue weighted by atomic mass is 10.2. The molecule has 0 saturated heterocycles. The zero-order valence-electron chi connectivity index (χ0n) is 10.0. The summed E-state index contributed by atoms with van der Waals surface area (Å²) in [5.74, 6) is -0.304. The summed E-state index contributed by atoms with van der Waals surface area (Å²) in [5.41, 5.74) is 8.24. The Kier molecular flexibility index (Phi) is 4.06. The Morgan fingerprint density at radius 3 is 2.70 bits per heavy atom. The second-order valence-electron chi connectivity index (χ2n) is 3.63. The summed E-state index contributed by atoms with van der Waals surface area (Å²) < 4.78 is 0. The van der Waals surface area contributed by atoms with Crippen molar-refractivity contribution in [1.82, 2.24) is 9.97 Å². The molecule has 0 unspecified atom stereocenters. The highest BCUT2D eigenvalue weighted by Gasteiger charge is 2.20. The topological polar surface area (TPSA) is 119 Å². The second kappa shape index (κ2) is 5.93. The molecular weight excluding hydrogens is 284 g/mol. The van der Waals surface area contributed by atoms with Crippen molar-refractivity contribution < 1.29 is 4.92 Å². The van der Waals surface area contributed by atoms with Gasteiger partial charge >= 0.3 is 5.69 Å². The number of nitrogens with zero attached hydrogens (tertiary/aromatic N) is 4. The summed E-state index contributed by atoms with van der Waals surface area (Å²) in [5, 5.41) is 15.3. The first-order valence-corrected chi connectivity index (χ1v) is 5.75. The fourth-order valence-corrected chi connectivity index (χ4v) is 1.50. The van der Waals surface area contributed by atoms with Crippen LogP contribution in [0.1, 0.15) is 5.56 Å². The van der Waals surface area contributed by atoms with Crippen LogP contribution >= 0.6 is 11.6 Å². The van der Waals surface area contributed by atoms with E-state index >= 15 is 0 Å². The zero-order chi connectivity index (χ0) is 14.5. The molecule has 2 rings (SSSR count). The number of hydrogen-bond donors (Lipinski definition) is 2.